The van der Waals surface area contributed by atoms with Crippen molar-refractivity contribution in [3.05, 3.63) is 47.3 Å². The lowest BCUT2D eigenvalue weighted by Gasteiger charge is -2.13. The quantitative estimate of drug-likeness (QED) is 0.514. The summed E-state index contributed by atoms with van der Waals surface area (Å²) in [6, 6.07) is 7.60. The fourth-order valence-electron chi connectivity index (χ4n) is 2.50. The van der Waals surface area contributed by atoms with Crippen molar-refractivity contribution in [3.63, 3.8) is 0 Å². The van der Waals surface area contributed by atoms with Gasteiger partial charge >= 0.3 is 0 Å². The van der Waals surface area contributed by atoms with E-state index in [0.717, 1.165) is 6.08 Å². The number of carbonyl (C=O) groups is 1. The van der Waals surface area contributed by atoms with Crippen LogP contribution in [0.4, 0.5) is 4.39 Å². The minimum Gasteiger partial charge on any atom is -0.493 e. The number of ether oxygens (including phenoxy) is 5. The average Bonchev–Trinajstić information content (AvgIpc) is 2.71. The van der Waals surface area contributed by atoms with Crippen LogP contribution in [0.1, 0.15) is 15.9 Å². The van der Waals surface area contributed by atoms with Crippen molar-refractivity contribution in [2.75, 3.05) is 35.5 Å². The molecule has 27 heavy (non-hydrogen) atoms. The number of Topliss-reactive ketones (excluding diaryl/α,β-unsaturated/α-hetero) is 1. The van der Waals surface area contributed by atoms with E-state index in [4.69, 9.17) is 23.7 Å². The number of methoxy groups -OCH3 is 5. The molecule has 0 bridgehead atoms. The fraction of sp³-hybridized carbons (Fsp3) is 0.250. The van der Waals surface area contributed by atoms with E-state index in [1.165, 1.54) is 47.7 Å². The summed E-state index contributed by atoms with van der Waals surface area (Å²) in [5.74, 6) is 0.0184. The van der Waals surface area contributed by atoms with Crippen LogP contribution in [-0.4, -0.2) is 41.3 Å². The van der Waals surface area contributed by atoms with Crippen molar-refractivity contribution < 1.29 is 32.9 Å². The van der Waals surface area contributed by atoms with Gasteiger partial charge in [0, 0.05) is 5.56 Å². The van der Waals surface area contributed by atoms with Crippen molar-refractivity contribution in [3.8, 4) is 28.7 Å². The maximum atomic E-state index is 14.6. The Hall–Kier alpha value is -3.22. The number of hydrogen-bond acceptors (Lipinski definition) is 6. The first-order valence-electron chi connectivity index (χ1n) is 7.93. The van der Waals surface area contributed by atoms with Gasteiger partial charge in [-0.25, -0.2) is 4.39 Å². The van der Waals surface area contributed by atoms with E-state index in [1.54, 1.807) is 18.2 Å². The first-order valence-corrected chi connectivity index (χ1v) is 7.93. The molecule has 0 amide bonds. The monoisotopic (exact) mass is 376 g/mol. The summed E-state index contributed by atoms with van der Waals surface area (Å²) in [6.07, 6.45) is 1.12. The lowest BCUT2D eigenvalue weighted by molar-refractivity contribution is 0.101. The van der Waals surface area contributed by atoms with Gasteiger partial charge in [0.1, 0.15) is 0 Å². The zero-order valence-electron chi connectivity index (χ0n) is 15.8. The van der Waals surface area contributed by atoms with Gasteiger partial charge in [0.05, 0.1) is 35.5 Å². The molecule has 0 atom stereocenters. The number of benzene rings is 2. The number of carbonyl (C=O) groups excluding carboxylic acids is 1. The molecule has 2 aromatic rings. The predicted molar refractivity (Wildman–Crippen MR) is 99.1 cm³/mol. The molecule has 0 radical (unpaired) electrons. The van der Waals surface area contributed by atoms with Gasteiger partial charge in [-0.2, -0.15) is 0 Å². The standard InChI is InChI=1S/C20H21FO6/c1-23-15-7-6-12(9-16(15)24-2)8-14(21)19(22)13-10-17(25-3)20(27-5)18(11-13)26-4/h6-11H,1-5H3/b14-8-. The Kier molecular flexibility index (Phi) is 6.65. The summed E-state index contributed by atoms with van der Waals surface area (Å²) < 4.78 is 40.5. The van der Waals surface area contributed by atoms with Gasteiger partial charge in [0.25, 0.3) is 0 Å². The van der Waals surface area contributed by atoms with Crippen molar-refractivity contribution in [1.82, 2.24) is 0 Å². The third-order valence-corrected chi connectivity index (χ3v) is 3.84. The van der Waals surface area contributed by atoms with Crippen molar-refractivity contribution in [2.45, 2.75) is 0 Å². The second-order valence-electron chi connectivity index (χ2n) is 5.35. The van der Waals surface area contributed by atoms with Crippen LogP contribution in [0.25, 0.3) is 6.08 Å². The smallest absolute Gasteiger partial charge is 0.221 e. The van der Waals surface area contributed by atoms with E-state index in [-0.39, 0.29) is 17.1 Å². The summed E-state index contributed by atoms with van der Waals surface area (Å²) in [6.45, 7) is 0. The average molecular weight is 376 g/mol. The van der Waals surface area contributed by atoms with E-state index < -0.39 is 11.6 Å². The molecule has 0 N–H and O–H groups in total. The van der Waals surface area contributed by atoms with E-state index in [0.29, 0.717) is 22.8 Å². The molecular weight excluding hydrogens is 355 g/mol. The highest BCUT2D eigenvalue weighted by Gasteiger charge is 2.19. The molecule has 0 aliphatic rings. The van der Waals surface area contributed by atoms with Crippen LogP contribution in [0, 0.1) is 0 Å². The minimum atomic E-state index is -0.948. The van der Waals surface area contributed by atoms with E-state index in [9.17, 15) is 9.18 Å². The summed E-state index contributed by atoms with van der Waals surface area (Å²) in [5, 5.41) is 0. The van der Waals surface area contributed by atoms with Gasteiger partial charge < -0.3 is 23.7 Å². The van der Waals surface area contributed by atoms with Crippen molar-refractivity contribution >= 4 is 11.9 Å². The predicted octanol–water partition coefficient (Wildman–Crippen LogP) is 3.92. The van der Waals surface area contributed by atoms with Gasteiger partial charge in [-0.05, 0) is 35.9 Å². The van der Waals surface area contributed by atoms with Crippen LogP contribution in [0.5, 0.6) is 28.7 Å². The second kappa shape index (κ2) is 8.93. The molecule has 7 heteroatoms. The van der Waals surface area contributed by atoms with Crippen LogP contribution in [0.15, 0.2) is 36.2 Å². The molecule has 0 aliphatic carbocycles. The van der Waals surface area contributed by atoms with Crippen molar-refractivity contribution in [1.29, 1.82) is 0 Å². The molecule has 6 nitrogen and oxygen atoms in total. The molecule has 0 unspecified atom stereocenters. The molecular formula is C20H21FO6. The maximum absolute atomic E-state index is 14.6. The summed E-state index contributed by atoms with van der Waals surface area (Å²) >= 11 is 0. The zero-order valence-corrected chi connectivity index (χ0v) is 15.8. The topological polar surface area (TPSA) is 63.2 Å². The number of rotatable bonds is 8. The third-order valence-electron chi connectivity index (χ3n) is 3.84. The Bertz CT molecular complexity index is 835. The molecule has 0 fully saturated rings. The van der Waals surface area contributed by atoms with Crippen molar-refractivity contribution in [2.24, 2.45) is 0 Å². The van der Waals surface area contributed by atoms with Gasteiger partial charge in [-0.15, -0.1) is 0 Å². The van der Waals surface area contributed by atoms with E-state index >= 15 is 0 Å². The molecule has 0 aliphatic heterocycles. The van der Waals surface area contributed by atoms with E-state index in [1.807, 2.05) is 0 Å². The van der Waals surface area contributed by atoms with Crippen LogP contribution in [0.3, 0.4) is 0 Å². The lowest BCUT2D eigenvalue weighted by atomic mass is 10.1. The molecule has 0 aromatic heterocycles. The molecule has 0 heterocycles. The Labute approximate surface area is 157 Å². The Morgan fingerprint density at radius 3 is 1.81 bits per heavy atom. The SMILES string of the molecule is COc1ccc(/C=C(\F)C(=O)c2cc(OC)c(OC)c(OC)c2)cc1OC. The highest BCUT2D eigenvalue weighted by atomic mass is 19.1. The normalized spacial score (nSPS) is 11.0. The molecule has 144 valence electrons. The van der Waals surface area contributed by atoms with Gasteiger partial charge in [0.2, 0.25) is 11.5 Å². The van der Waals surface area contributed by atoms with Gasteiger partial charge in [0.15, 0.2) is 28.8 Å². The largest absolute Gasteiger partial charge is 0.493 e. The molecule has 2 rings (SSSR count). The van der Waals surface area contributed by atoms with Crippen LogP contribution < -0.4 is 23.7 Å². The molecule has 0 spiro atoms. The lowest BCUT2D eigenvalue weighted by Crippen LogP contribution is -2.03. The molecule has 0 saturated heterocycles. The van der Waals surface area contributed by atoms with Crippen LogP contribution in [-0.2, 0) is 0 Å². The highest BCUT2D eigenvalue weighted by Crippen LogP contribution is 2.39. The number of ketones is 1. The van der Waals surface area contributed by atoms with Gasteiger partial charge in [-0.3, -0.25) is 4.79 Å². The zero-order chi connectivity index (χ0) is 20.0. The highest BCUT2D eigenvalue weighted by molar-refractivity contribution is 6.10. The van der Waals surface area contributed by atoms with Gasteiger partial charge in [-0.1, -0.05) is 6.07 Å². The summed E-state index contributed by atoms with van der Waals surface area (Å²) in [5.41, 5.74) is 0.518. The fourth-order valence-corrected chi connectivity index (χ4v) is 2.50. The molecule has 2 aromatic carbocycles. The minimum absolute atomic E-state index is 0.0683. The van der Waals surface area contributed by atoms with Crippen LogP contribution in [0.2, 0.25) is 0 Å². The second-order valence-corrected chi connectivity index (χ2v) is 5.35. The van der Waals surface area contributed by atoms with Crippen LogP contribution >= 0.6 is 0 Å². The first kappa shape index (κ1) is 20.1. The number of halogens is 1. The number of hydrogen-bond donors (Lipinski definition) is 0. The Balaban J connectivity index is 2.41. The third kappa shape index (κ3) is 4.31. The maximum Gasteiger partial charge on any atom is 0.221 e. The number of allylic oxidation sites excluding steroid dienone is 1. The molecule has 0 saturated carbocycles. The Morgan fingerprint density at radius 1 is 0.778 bits per heavy atom. The summed E-state index contributed by atoms with van der Waals surface area (Å²) in [4.78, 5) is 12.5. The van der Waals surface area contributed by atoms with E-state index in [2.05, 4.69) is 0 Å². The first-order chi connectivity index (χ1) is 13.0. The Morgan fingerprint density at radius 2 is 1.33 bits per heavy atom. The summed E-state index contributed by atoms with van der Waals surface area (Å²) in [7, 11) is 7.26.